The van der Waals surface area contributed by atoms with Gasteiger partial charge in [0, 0.05) is 31.7 Å². The Balaban J connectivity index is 1.49. The van der Waals surface area contributed by atoms with E-state index in [-0.39, 0.29) is 17.3 Å². The van der Waals surface area contributed by atoms with Gasteiger partial charge in [-0.1, -0.05) is 53.0 Å². The van der Waals surface area contributed by atoms with Gasteiger partial charge in [-0.3, -0.25) is 9.69 Å². The summed E-state index contributed by atoms with van der Waals surface area (Å²) in [5.74, 6) is -0.292. The number of hydrogen-bond donors (Lipinski definition) is 1. The first-order chi connectivity index (χ1) is 14.3. The average molecular weight is 469 g/mol. The molecule has 1 amide bonds. The van der Waals surface area contributed by atoms with E-state index < -0.39 is 10.0 Å². The summed E-state index contributed by atoms with van der Waals surface area (Å²) in [6.07, 6.45) is 1.43. The summed E-state index contributed by atoms with van der Waals surface area (Å²) < 4.78 is 26.9. The first kappa shape index (κ1) is 22.7. The molecule has 10 heteroatoms. The Hall–Kier alpha value is -1.97. The number of hydrogen-bond acceptors (Lipinski definition) is 5. The number of amides is 1. The van der Waals surface area contributed by atoms with Crippen molar-refractivity contribution in [1.82, 2.24) is 14.6 Å². The van der Waals surface area contributed by atoms with Crippen LogP contribution < -0.4 is 5.43 Å². The van der Waals surface area contributed by atoms with E-state index in [0.29, 0.717) is 41.8 Å². The Kier molecular flexibility index (Phi) is 7.49. The van der Waals surface area contributed by atoms with Gasteiger partial charge < -0.3 is 0 Å². The molecule has 0 spiro atoms. The maximum Gasteiger partial charge on any atom is 0.254 e. The lowest BCUT2D eigenvalue weighted by Gasteiger charge is -2.33. The molecule has 1 saturated heterocycles. The molecule has 1 fully saturated rings. The topological polar surface area (TPSA) is 82.1 Å². The molecule has 2 aromatic carbocycles. The fraction of sp³-hybridized carbons (Fsp3) is 0.300. The van der Waals surface area contributed by atoms with Gasteiger partial charge >= 0.3 is 0 Å². The van der Waals surface area contributed by atoms with Crippen LogP contribution in [0, 0.1) is 6.92 Å². The third kappa shape index (κ3) is 5.59. The molecular formula is C20H22Cl2N4O3S. The molecule has 0 saturated carbocycles. The SMILES string of the molecule is Cc1ccc(S(=O)(=O)N2CCN(CC(=O)NN=Cc3cccc(Cl)c3Cl)CC2)cc1. The number of piperazine rings is 1. The highest BCUT2D eigenvalue weighted by Gasteiger charge is 2.28. The van der Waals surface area contributed by atoms with Gasteiger partial charge in [-0.2, -0.15) is 9.41 Å². The maximum absolute atomic E-state index is 12.7. The van der Waals surface area contributed by atoms with E-state index >= 15 is 0 Å². The number of benzene rings is 2. The summed E-state index contributed by atoms with van der Waals surface area (Å²) in [7, 11) is -3.52. The van der Waals surface area contributed by atoms with Gasteiger partial charge in [0.25, 0.3) is 5.91 Å². The summed E-state index contributed by atoms with van der Waals surface area (Å²) in [5, 5.41) is 4.68. The van der Waals surface area contributed by atoms with Crippen molar-refractivity contribution < 1.29 is 13.2 Å². The second-order valence-electron chi connectivity index (χ2n) is 6.93. The number of carbonyl (C=O) groups excluding carboxylic acids is 1. The summed E-state index contributed by atoms with van der Waals surface area (Å²) in [6, 6.07) is 11.9. The number of hydrazone groups is 1. The van der Waals surface area contributed by atoms with E-state index in [1.54, 1.807) is 42.5 Å². The van der Waals surface area contributed by atoms with Crippen LogP contribution in [-0.2, 0) is 14.8 Å². The predicted octanol–water partition coefficient (Wildman–Crippen LogP) is 2.76. The van der Waals surface area contributed by atoms with Gasteiger partial charge in [0.1, 0.15) is 0 Å². The number of nitrogens with zero attached hydrogens (tertiary/aromatic N) is 3. The highest BCUT2D eigenvalue weighted by molar-refractivity contribution is 7.89. The number of aryl methyl sites for hydroxylation is 1. The third-order valence-corrected chi connectivity index (χ3v) is 7.48. The van der Waals surface area contributed by atoms with Gasteiger partial charge in [-0.15, -0.1) is 0 Å². The molecular weight excluding hydrogens is 447 g/mol. The van der Waals surface area contributed by atoms with Crippen LogP contribution in [0.2, 0.25) is 10.0 Å². The Morgan fingerprint density at radius 3 is 2.43 bits per heavy atom. The Morgan fingerprint density at radius 2 is 1.77 bits per heavy atom. The monoisotopic (exact) mass is 468 g/mol. The molecule has 3 rings (SSSR count). The van der Waals surface area contributed by atoms with E-state index in [0.717, 1.165) is 5.56 Å². The first-order valence-corrected chi connectivity index (χ1v) is 11.5. The number of rotatable bonds is 6. The average Bonchev–Trinajstić information content (AvgIpc) is 2.72. The largest absolute Gasteiger partial charge is 0.292 e. The Morgan fingerprint density at radius 1 is 1.10 bits per heavy atom. The Bertz CT molecular complexity index is 1030. The van der Waals surface area contributed by atoms with Crippen LogP contribution >= 0.6 is 23.2 Å². The molecule has 160 valence electrons. The van der Waals surface area contributed by atoms with Crippen molar-refractivity contribution in [3.63, 3.8) is 0 Å². The van der Waals surface area contributed by atoms with Gasteiger partial charge in [0.05, 0.1) is 27.7 Å². The van der Waals surface area contributed by atoms with Crippen molar-refractivity contribution in [2.24, 2.45) is 5.10 Å². The summed E-state index contributed by atoms with van der Waals surface area (Å²) in [5.41, 5.74) is 4.05. The zero-order valence-electron chi connectivity index (χ0n) is 16.4. The third-order valence-electron chi connectivity index (χ3n) is 4.73. The summed E-state index contributed by atoms with van der Waals surface area (Å²) >= 11 is 12.0. The van der Waals surface area contributed by atoms with Crippen LogP contribution in [0.25, 0.3) is 0 Å². The highest BCUT2D eigenvalue weighted by atomic mass is 35.5. The van der Waals surface area contributed by atoms with Gasteiger partial charge in [0.15, 0.2) is 0 Å². The van der Waals surface area contributed by atoms with E-state index in [1.165, 1.54) is 10.5 Å². The molecule has 2 aromatic rings. The summed E-state index contributed by atoms with van der Waals surface area (Å²) in [6.45, 7) is 3.60. The van der Waals surface area contributed by atoms with Crippen molar-refractivity contribution in [2.75, 3.05) is 32.7 Å². The summed E-state index contributed by atoms with van der Waals surface area (Å²) in [4.78, 5) is 14.3. The van der Waals surface area contributed by atoms with E-state index in [9.17, 15) is 13.2 Å². The predicted molar refractivity (Wildman–Crippen MR) is 119 cm³/mol. The van der Waals surface area contributed by atoms with E-state index in [1.807, 2.05) is 11.8 Å². The van der Waals surface area contributed by atoms with Gasteiger partial charge in [0.2, 0.25) is 10.0 Å². The van der Waals surface area contributed by atoms with E-state index in [2.05, 4.69) is 10.5 Å². The number of carbonyl (C=O) groups is 1. The number of nitrogens with one attached hydrogen (secondary N) is 1. The normalized spacial score (nSPS) is 16.1. The van der Waals surface area contributed by atoms with Gasteiger partial charge in [-0.25, -0.2) is 13.8 Å². The van der Waals surface area contributed by atoms with Crippen LogP contribution in [-0.4, -0.2) is 62.5 Å². The van der Waals surface area contributed by atoms with Crippen molar-refractivity contribution in [1.29, 1.82) is 0 Å². The molecule has 0 radical (unpaired) electrons. The molecule has 0 aromatic heterocycles. The number of halogens is 2. The lowest BCUT2D eigenvalue weighted by Crippen LogP contribution is -2.50. The molecule has 0 aliphatic carbocycles. The lowest BCUT2D eigenvalue weighted by molar-refractivity contribution is -0.122. The van der Waals surface area contributed by atoms with Crippen LogP contribution in [0.3, 0.4) is 0 Å². The zero-order valence-corrected chi connectivity index (χ0v) is 18.7. The fourth-order valence-electron chi connectivity index (χ4n) is 3.02. The molecule has 30 heavy (non-hydrogen) atoms. The maximum atomic E-state index is 12.7. The fourth-order valence-corrected chi connectivity index (χ4v) is 4.80. The Labute approximate surface area is 186 Å². The van der Waals surface area contributed by atoms with Crippen molar-refractivity contribution >= 4 is 45.3 Å². The molecule has 1 aliphatic rings. The second-order valence-corrected chi connectivity index (χ2v) is 9.65. The standard InChI is InChI=1S/C20H22Cl2N4O3S/c1-15-5-7-17(8-6-15)30(28,29)26-11-9-25(10-12-26)14-19(27)24-23-13-16-3-2-4-18(21)20(16)22/h2-8,13H,9-12,14H2,1H3,(H,24,27). The minimum absolute atomic E-state index is 0.124. The quantitative estimate of drug-likeness (QED) is 0.521. The van der Waals surface area contributed by atoms with Crippen LogP contribution in [0.1, 0.15) is 11.1 Å². The molecule has 0 atom stereocenters. The molecule has 0 bridgehead atoms. The van der Waals surface area contributed by atoms with Crippen molar-refractivity contribution in [3.8, 4) is 0 Å². The van der Waals surface area contributed by atoms with Crippen molar-refractivity contribution in [2.45, 2.75) is 11.8 Å². The number of sulfonamides is 1. The van der Waals surface area contributed by atoms with E-state index in [4.69, 9.17) is 23.2 Å². The minimum atomic E-state index is -3.52. The second kappa shape index (κ2) is 9.89. The minimum Gasteiger partial charge on any atom is -0.292 e. The molecule has 7 nitrogen and oxygen atoms in total. The molecule has 1 heterocycles. The van der Waals surface area contributed by atoms with Gasteiger partial charge in [-0.05, 0) is 25.1 Å². The lowest BCUT2D eigenvalue weighted by atomic mass is 10.2. The molecule has 1 N–H and O–H groups in total. The van der Waals surface area contributed by atoms with Crippen LogP contribution in [0.15, 0.2) is 52.5 Å². The zero-order chi connectivity index (χ0) is 21.7. The smallest absolute Gasteiger partial charge is 0.254 e. The van der Waals surface area contributed by atoms with Crippen molar-refractivity contribution in [3.05, 3.63) is 63.6 Å². The van der Waals surface area contributed by atoms with Crippen LogP contribution in [0.5, 0.6) is 0 Å². The van der Waals surface area contributed by atoms with Crippen LogP contribution in [0.4, 0.5) is 0 Å². The highest BCUT2D eigenvalue weighted by Crippen LogP contribution is 2.24. The first-order valence-electron chi connectivity index (χ1n) is 9.32. The molecule has 0 unspecified atom stereocenters. The molecule has 1 aliphatic heterocycles.